The van der Waals surface area contributed by atoms with E-state index in [1.165, 1.54) is 18.6 Å². The summed E-state index contributed by atoms with van der Waals surface area (Å²) in [6.07, 6.45) is 1.27. The van der Waals surface area contributed by atoms with E-state index >= 15 is 0 Å². The number of halogens is 2. The third kappa shape index (κ3) is 4.81. The van der Waals surface area contributed by atoms with Crippen molar-refractivity contribution in [3.8, 4) is 0 Å². The molecule has 4 atom stereocenters. The van der Waals surface area contributed by atoms with Gasteiger partial charge in [0.25, 0.3) is 0 Å². The first-order chi connectivity index (χ1) is 11.1. The lowest BCUT2D eigenvalue weighted by Crippen LogP contribution is -2.51. The van der Waals surface area contributed by atoms with Crippen LogP contribution in [0.2, 0.25) is 0 Å². The quantitative estimate of drug-likeness (QED) is 0.437. The first-order valence-corrected chi connectivity index (χ1v) is 8.53. The zero-order valence-corrected chi connectivity index (χ0v) is 16.9. The highest BCUT2D eigenvalue weighted by atomic mass is 127. The van der Waals surface area contributed by atoms with Crippen LogP contribution in [0, 0.1) is 11.7 Å². The Morgan fingerprint density at radius 1 is 1.29 bits per heavy atom. The SMILES string of the molecule is CCN=C(NC1CC1C)N1CC(C)OC(c2ccc(F)cc2)C1.I. The Morgan fingerprint density at radius 3 is 2.54 bits per heavy atom. The van der Waals surface area contributed by atoms with Crippen molar-refractivity contribution in [1.82, 2.24) is 10.2 Å². The molecule has 1 saturated carbocycles. The van der Waals surface area contributed by atoms with Crippen LogP contribution >= 0.6 is 24.0 Å². The number of ether oxygens (including phenoxy) is 1. The second kappa shape index (κ2) is 8.47. The zero-order valence-electron chi connectivity index (χ0n) is 14.5. The van der Waals surface area contributed by atoms with Gasteiger partial charge in [0, 0.05) is 19.1 Å². The molecule has 2 aliphatic rings. The van der Waals surface area contributed by atoms with Crippen molar-refractivity contribution in [3.05, 3.63) is 35.6 Å². The van der Waals surface area contributed by atoms with Crippen molar-refractivity contribution in [2.45, 2.75) is 45.4 Å². The normalized spacial score (nSPS) is 29.8. The molecule has 4 nitrogen and oxygen atoms in total. The standard InChI is InChI=1S/C18H26FN3O.HI/c1-4-20-18(21-16-9-12(16)2)22-10-13(3)23-17(11-22)14-5-7-15(19)8-6-14;/h5-8,12-13,16-17H,4,9-11H2,1-3H3,(H,20,21);1H. The fourth-order valence-corrected chi connectivity index (χ4v) is 3.06. The first-order valence-electron chi connectivity index (χ1n) is 8.53. The summed E-state index contributed by atoms with van der Waals surface area (Å²) in [5.74, 6) is 1.49. The molecule has 1 aliphatic heterocycles. The molecule has 24 heavy (non-hydrogen) atoms. The second-order valence-corrected chi connectivity index (χ2v) is 6.65. The van der Waals surface area contributed by atoms with E-state index in [2.05, 4.69) is 36.0 Å². The molecule has 6 heteroatoms. The van der Waals surface area contributed by atoms with Gasteiger partial charge in [-0.05, 0) is 43.9 Å². The van der Waals surface area contributed by atoms with Crippen LogP contribution in [0.15, 0.2) is 29.3 Å². The largest absolute Gasteiger partial charge is 0.367 e. The highest BCUT2D eigenvalue weighted by Crippen LogP contribution is 2.30. The highest BCUT2D eigenvalue weighted by molar-refractivity contribution is 14.0. The molecule has 1 saturated heterocycles. The topological polar surface area (TPSA) is 36.9 Å². The summed E-state index contributed by atoms with van der Waals surface area (Å²) < 4.78 is 19.2. The van der Waals surface area contributed by atoms with Gasteiger partial charge in [0.2, 0.25) is 0 Å². The van der Waals surface area contributed by atoms with Gasteiger partial charge in [0.05, 0.1) is 12.6 Å². The Kier molecular flexibility index (Phi) is 6.86. The summed E-state index contributed by atoms with van der Waals surface area (Å²) in [5, 5.41) is 3.57. The molecule has 0 radical (unpaired) electrons. The monoisotopic (exact) mass is 447 g/mol. The molecule has 1 aliphatic carbocycles. The molecular weight excluding hydrogens is 420 g/mol. The van der Waals surface area contributed by atoms with E-state index < -0.39 is 0 Å². The minimum Gasteiger partial charge on any atom is -0.367 e. The number of hydrogen-bond acceptors (Lipinski definition) is 2. The van der Waals surface area contributed by atoms with Crippen molar-refractivity contribution in [2.24, 2.45) is 10.9 Å². The summed E-state index contributed by atoms with van der Waals surface area (Å²) in [4.78, 5) is 6.93. The number of nitrogens with one attached hydrogen (secondary N) is 1. The molecule has 0 aromatic heterocycles. The van der Waals surface area contributed by atoms with Gasteiger partial charge in [0.15, 0.2) is 5.96 Å². The Morgan fingerprint density at radius 2 is 1.96 bits per heavy atom. The summed E-state index contributed by atoms with van der Waals surface area (Å²) in [6.45, 7) is 8.71. The molecule has 0 spiro atoms. The second-order valence-electron chi connectivity index (χ2n) is 6.65. The van der Waals surface area contributed by atoms with Crippen LogP contribution in [0.25, 0.3) is 0 Å². The van der Waals surface area contributed by atoms with Crippen molar-refractivity contribution in [2.75, 3.05) is 19.6 Å². The first kappa shape index (κ1) is 19.4. The molecular formula is C18H27FIN3O. The van der Waals surface area contributed by atoms with Crippen LogP contribution in [-0.2, 0) is 4.74 Å². The van der Waals surface area contributed by atoms with E-state index in [0.717, 1.165) is 37.1 Å². The number of aliphatic imine (C=N–C) groups is 1. The van der Waals surface area contributed by atoms with Crippen LogP contribution in [0.4, 0.5) is 4.39 Å². The molecule has 1 aromatic rings. The van der Waals surface area contributed by atoms with Crippen molar-refractivity contribution < 1.29 is 9.13 Å². The lowest BCUT2D eigenvalue weighted by molar-refractivity contribution is -0.0605. The smallest absolute Gasteiger partial charge is 0.194 e. The van der Waals surface area contributed by atoms with Gasteiger partial charge in [-0.1, -0.05) is 19.1 Å². The van der Waals surface area contributed by atoms with Crippen LogP contribution in [0.3, 0.4) is 0 Å². The van der Waals surface area contributed by atoms with Crippen LogP contribution in [0.5, 0.6) is 0 Å². The minimum absolute atomic E-state index is 0. The Labute approximate surface area is 160 Å². The van der Waals surface area contributed by atoms with Crippen LogP contribution < -0.4 is 5.32 Å². The van der Waals surface area contributed by atoms with E-state index in [1.807, 2.05) is 12.1 Å². The van der Waals surface area contributed by atoms with E-state index in [1.54, 1.807) is 0 Å². The molecule has 1 heterocycles. The minimum atomic E-state index is -0.216. The fraction of sp³-hybridized carbons (Fsp3) is 0.611. The van der Waals surface area contributed by atoms with E-state index in [0.29, 0.717) is 6.04 Å². The predicted molar refractivity (Wildman–Crippen MR) is 105 cm³/mol. The number of guanidine groups is 1. The molecule has 3 rings (SSSR count). The average Bonchev–Trinajstić information content (AvgIpc) is 3.22. The van der Waals surface area contributed by atoms with Gasteiger partial charge >= 0.3 is 0 Å². The van der Waals surface area contributed by atoms with Crippen molar-refractivity contribution >= 4 is 29.9 Å². The van der Waals surface area contributed by atoms with E-state index in [-0.39, 0.29) is 42.0 Å². The summed E-state index contributed by atoms with van der Waals surface area (Å²) in [5.41, 5.74) is 1.01. The van der Waals surface area contributed by atoms with Crippen LogP contribution in [-0.4, -0.2) is 42.6 Å². The van der Waals surface area contributed by atoms with E-state index in [9.17, 15) is 4.39 Å². The number of nitrogens with zero attached hydrogens (tertiary/aromatic N) is 2. The van der Waals surface area contributed by atoms with Gasteiger partial charge in [-0.2, -0.15) is 0 Å². The molecule has 0 bridgehead atoms. The Hall–Kier alpha value is -0.890. The summed E-state index contributed by atoms with van der Waals surface area (Å²) in [7, 11) is 0. The van der Waals surface area contributed by atoms with E-state index in [4.69, 9.17) is 4.74 Å². The summed E-state index contributed by atoms with van der Waals surface area (Å²) in [6, 6.07) is 7.15. The molecule has 4 unspecified atom stereocenters. The zero-order chi connectivity index (χ0) is 16.4. The number of hydrogen-bond donors (Lipinski definition) is 1. The molecule has 1 aromatic carbocycles. The number of rotatable bonds is 3. The maximum Gasteiger partial charge on any atom is 0.194 e. The Bertz CT molecular complexity index is 566. The van der Waals surface area contributed by atoms with Gasteiger partial charge < -0.3 is 15.0 Å². The van der Waals surface area contributed by atoms with Gasteiger partial charge in [-0.3, -0.25) is 4.99 Å². The van der Waals surface area contributed by atoms with Crippen LogP contribution in [0.1, 0.15) is 38.9 Å². The molecule has 1 N–H and O–H groups in total. The lowest BCUT2D eigenvalue weighted by Gasteiger charge is -2.39. The van der Waals surface area contributed by atoms with Gasteiger partial charge in [0.1, 0.15) is 11.9 Å². The maximum absolute atomic E-state index is 13.1. The molecule has 2 fully saturated rings. The fourth-order valence-electron chi connectivity index (χ4n) is 3.06. The van der Waals surface area contributed by atoms with Gasteiger partial charge in [-0.25, -0.2) is 4.39 Å². The summed E-state index contributed by atoms with van der Waals surface area (Å²) >= 11 is 0. The number of morpholine rings is 1. The third-order valence-electron chi connectivity index (χ3n) is 4.53. The van der Waals surface area contributed by atoms with Crippen molar-refractivity contribution in [3.63, 3.8) is 0 Å². The maximum atomic E-state index is 13.1. The van der Waals surface area contributed by atoms with Gasteiger partial charge in [-0.15, -0.1) is 24.0 Å². The molecule has 0 amide bonds. The Balaban J connectivity index is 0.00000208. The number of benzene rings is 1. The predicted octanol–water partition coefficient (Wildman–Crippen LogP) is 3.58. The molecule has 134 valence electrons. The third-order valence-corrected chi connectivity index (χ3v) is 4.53. The van der Waals surface area contributed by atoms with Crippen molar-refractivity contribution in [1.29, 1.82) is 0 Å². The average molecular weight is 447 g/mol. The lowest BCUT2D eigenvalue weighted by atomic mass is 10.1. The highest BCUT2D eigenvalue weighted by Gasteiger charge is 2.36.